The van der Waals surface area contributed by atoms with Crippen LogP contribution in [0, 0.1) is 0 Å². The highest BCUT2D eigenvalue weighted by Gasteiger charge is 2.39. The Morgan fingerprint density at radius 1 is 0.920 bits per heavy atom. The molecule has 8 heteroatoms. The van der Waals surface area contributed by atoms with Gasteiger partial charge in [-0.25, -0.2) is 0 Å². The summed E-state index contributed by atoms with van der Waals surface area (Å²) in [6.45, 7) is -0.555. The average molecular weight is 424 g/mol. The molecule has 0 fully saturated rings. The van der Waals surface area contributed by atoms with Crippen molar-refractivity contribution in [3.8, 4) is 0 Å². The molecule has 25 heavy (non-hydrogen) atoms. The van der Waals surface area contributed by atoms with Gasteiger partial charge in [0.2, 0.25) is 0 Å². The van der Waals surface area contributed by atoms with E-state index in [0.717, 1.165) is 0 Å². The van der Waals surface area contributed by atoms with Gasteiger partial charge in [0.1, 0.15) is 11.4 Å². The molecule has 0 aliphatic rings. The number of halogens is 3. The lowest BCUT2D eigenvalue weighted by molar-refractivity contribution is -0.0142. The predicted octanol–water partition coefficient (Wildman–Crippen LogP) is 4.18. The summed E-state index contributed by atoms with van der Waals surface area (Å²) < 4.78 is 27.7. The summed E-state index contributed by atoms with van der Waals surface area (Å²) in [4.78, 5) is 0. The van der Waals surface area contributed by atoms with Crippen molar-refractivity contribution < 1.29 is 17.7 Å². The second-order valence-corrected chi connectivity index (χ2v) is 9.80. The average Bonchev–Trinajstić information content (AvgIpc) is 2.53. The molecule has 1 N–H and O–H groups in total. The number of aliphatic hydroxyl groups is 1. The van der Waals surface area contributed by atoms with Gasteiger partial charge >= 0.3 is 0 Å². The smallest absolute Gasteiger partial charge is 0.271 e. The molecule has 1 unspecified atom stereocenters. The highest BCUT2D eigenvalue weighted by molar-refractivity contribution is 7.85. The van der Waals surface area contributed by atoms with Crippen molar-refractivity contribution in [3.63, 3.8) is 0 Å². The molecule has 0 aliphatic carbocycles. The van der Waals surface area contributed by atoms with Crippen LogP contribution in [0.5, 0.6) is 0 Å². The zero-order valence-electron chi connectivity index (χ0n) is 13.1. The van der Waals surface area contributed by atoms with Crippen LogP contribution in [0.15, 0.2) is 60.7 Å². The molecule has 1 atom stereocenters. The Balaban J connectivity index is 2.17. The molecule has 0 saturated heterocycles. The molecule has 2 rings (SSSR count). The van der Waals surface area contributed by atoms with Crippen molar-refractivity contribution in [2.24, 2.45) is 0 Å². The van der Waals surface area contributed by atoms with Crippen molar-refractivity contribution in [1.82, 2.24) is 0 Å². The maximum Gasteiger partial charge on any atom is 0.271 e. The molecule has 2 aromatic rings. The first-order valence-electron chi connectivity index (χ1n) is 7.35. The van der Waals surface area contributed by atoms with E-state index in [1.54, 1.807) is 60.7 Å². The summed E-state index contributed by atoms with van der Waals surface area (Å²) in [5, 5.41) is 10.9. The van der Waals surface area contributed by atoms with Crippen LogP contribution in [0.1, 0.15) is 17.5 Å². The van der Waals surface area contributed by atoms with Gasteiger partial charge in [-0.2, -0.15) is 8.42 Å². The van der Waals surface area contributed by atoms with Gasteiger partial charge in [-0.15, -0.1) is 0 Å². The molecule has 0 heterocycles. The molecule has 0 saturated carbocycles. The number of alkyl halides is 3. The highest BCUT2D eigenvalue weighted by Crippen LogP contribution is 2.40. The first kappa shape index (κ1) is 20.5. The van der Waals surface area contributed by atoms with Crippen molar-refractivity contribution >= 4 is 44.9 Å². The molecule has 136 valence electrons. The molecule has 0 aliphatic heterocycles. The van der Waals surface area contributed by atoms with Gasteiger partial charge in [-0.05, 0) is 11.1 Å². The van der Waals surface area contributed by atoms with Gasteiger partial charge in [-0.1, -0.05) is 95.5 Å². The van der Waals surface area contributed by atoms with Gasteiger partial charge in [0.25, 0.3) is 10.1 Å². The zero-order valence-corrected chi connectivity index (χ0v) is 16.2. The van der Waals surface area contributed by atoms with Crippen molar-refractivity contribution in [1.29, 1.82) is 0 Å². The summed E-state index contributed by atoms with van der Waals surface area (Å²) in [6, 6.07) is 17.0. The lowest BCUT2D eigenvalue weighted by Gasteiger charge is -2.31. The van der Waals surface area contributed by atoms with Gasteiger partial charge in [-0.3, -0.25) is 4.18 Å². The van der Waals surface area contributed by atoms with Crippen LogP contribution in [0.4, 0.5) is 0 Å². The fourth-order valence-electron chi connectivity index (χ4n) is 2.32. The van der Waals surface area contributed by atoms with Crippen LogP contribution in [0.25, 0.3) is 0 Å². The fourth-order valence-corrected chi connectivity index (χ4v) is 4.05. The van der Waals surface area contributed by atoms with E-state index in [4.69, 9.17) is 39.0 Å². The normalized spacial score (nSPS) is 14.9. The lowest BCUT2D eigenvalue weighted by atomic mass is 9.92. The topological polar surface area (TPSA) is 63.6 Å². The summed E-state index contributed by atoms with van der Waals surface area (Å²) in [5.74, 6) is -0.313. The first-order chi connectivity index (χ1) is 11.6. The van der Waals surface area contributed by atoms with Gasteiger partial charge in [0, 0.05) is 6.42 Å². The quantitative estimate of drug-likeness (QED) is 0.536. The van der Waals surface area contributed by atoms with E-state index in [1.807, 2.05) is 0 Å². The van der Waals surface area contributed by atoms with Crippen LogP contribution < -0.4 is 0 Å². The Kier molecular flexibility index (Phi) is 6.76. The standard InChI is InChI=1S/C17H17Cl3O4S/c18-17(19,20)12-16(21,15-9-5-2-6-10-15)13-24-25(22,23)11-14-7-3-1-4-8-14/h1-10,21H,11-13H2. The molecule has 0 spiro atoms. The number of benzene rings is 2. The molecule has 0 aromatic heterocycles. The third kappa shape index (κ3) is 6.77. The summed E-state index contributed by atoms with van der Waals surface area (Å²) in [5.41, 5.74) is -0.792. The predicted molar refractivity (Wildman–Crippen MR) is 100 cm³/mol. The maximum absolute atomic E-state index is 12.2. The largest absolute Gasteiger partial charge is 0.383 e. The molecule has 0 amide bonds. The van der Waals surface area contributed by atoms with Crippen LogP contribution >= 0.6 is 34.8 Å². The van der Waals surface area contributed by atoms with E-state index >= 15 is 0 Å². The van der Waals surface area contributed by atoms with Crippen molar-refractivity contribution in [3.05, 3.63) is 71.8 Å². The van der Waals surface area contributed by atoms with E-state index in [2.05, 4.69) is 0 Å². The van der Waals surface area contributed by atoms with Crippen molar-refractivity contribution in [2.75, 3.05) is 6.61 Å². The minimum Gasteiger partial charge on any atom is -0.383 e. The first-order valence-corrected chi connectivity index (χ1v) is 10.1. The number of rotatable bonds is 7. The molecular formula is C17H17Cl3O4S. The minimum atomic E-state index is -3.92. The molecule has 4 nitrogen and oxygen atoms in total. The van der Waals surface area contributed by atoms with Crippen LogP contribution in [0.2, 0.25) is 0 Å². The molecule has 0 radical (unpaired) electrons. The third-order valence-electron chi connectivity index (χ3n) is 3.47. The Morgan fingerprint density at radius 3 is 1.96 bits per heavy atom. The lowest BCUT2D eigenvalue weighted by Crippen LogP contribution is -2.37. The number of hydrogen-bond donors (Lipinski definition) is 1. The monoisotopic (exact) mass is 422 g/mol. The Labute approximate surface area is 162 Å². The maximum atomic E-state index is 12.2. The summed E-state index contributed by atoms with van der Waals surface area (Å²) >= 11 is 17.4. The fraction of sp³-hybridized carbons (Fsp3) is 0.294. The van der Waals surface area contributed by atoms with Gasteiger partial charge < -0.3 is 5.11 Å². The van der Waals surface area contributed by atoms with Crippen LogP contribution in [-0.4, -0.2) is 23.9 Å². The molecular weight excluding hydrogens is 407 g/mol. The molecule has 2 aromatic carbocycles. The van der Waals surface area contributed by atoms with E-state index in [0.29, 0.717) is 11.1 Å². The summed E-state index contributed by atoms with van der Waals surface area (Å²) in [7, 11) is -3.92. The van der Waals surface area contributed by atoms with E-state index in [9.17, 15) is 13.5 Å². The van der Waals surface area contributed by atoms with Crippen molar-refractivity contribution in [2.45, 2.75) is 21.6 Å². The third-order valence-corrected chi connectivity index (χ3v) is 5.03. The Bertz CT molecular complexity index is 777. The van der Waals surface area contributed by atoms with Crippen LogP contribution in [0.3, 0.4) is 0 Å². The zero-order chi connectivity index (χ0) is 18.6. The van der Waals surface area contributed by atoms with E-state index in [-0.39, 0.29) is 12.2 Å². The number of hydrogen-bond acceptors (Lipinski definition) is 4. The Morgan fingerprint density at radius 2 is 1.44 bits per heavy atom. The second kappa shape index (κ2) is 8.25. The highest BCUT2D eigenvalue weighted by atomic mass is 35.6. The SMILES string of the molecule is O=S(=O)(Cc1ccccc1)OCC(O)(CC(Cl)(Cl)Cl)c1ccccc1. The summed E-state index contributed by atoms with van der Waals surface area (Å²) in [6.07, 6.45) is -0.324. The van der Waals surface area contributed by atoms with Gasteiger partial charge in [0.05, 0.1) is 6.61 Å². The second-order valence-electron chi connectivity index (χ2n) is 5.64. The van der Waals surface area contributed by atoms with E-state index < -0.39 is 26.1 Å². The minimum absolute atomic E-state index is 0.313. The van der Waals surface area contributed by atoms with E-state index in [1.165, 1.54) is 0 Å². The molecule has 0 bridgehead atoms. The Hall–Kier alpha value is -0.820. The van der Waals surface area contributed by atoms with Crippen LogP contribution in [-0.2, 0) is 25.7 Å². The van der Waals surface area contributed by atoms with Gasteiger partial charge in [0.15, 0.2) is 3.79 Å².